The predicted molar refractivity (Wildman–Crippen MR) is 61.9 cm³/mol. The molecule has 0 aromatic heterocycles. The van der Waals surface area contributed by atoms with Gasteiger partial charge in [0.05, 0.1) is 0 Å². The van der Waals surface area contributed by atoms with E-state index in [0.29, 0.717) is 6.42 Å². The van der Waals surface area contributed by atoms with Crippen LogP contribution in [0.3, 0.4) is 0 Å². The van der Waals surface area contributed by atoms with Crippen LogP contribution in [0.4, 0.5) is 0 Å². The Kier molecular flexibility index (Phi) is 4.70. The number of ether oxygens (including phenoxy) is 1. The molecule has 0 aromatic rings. The first-order chi connectivity index (χ1) is 7.63. The third kappa shape index (κ3) is 3.85. The Morgan fingerprint density at radius 1 is 1.56 bits per heavy atom. The molecule has 16 heavy (non-hydrogen) atoms. The standard InChI is InChI=1S/C13H16O3/c1-3-4-5-12(9-16-10(2)14)11-6-7-13(15)8-11/h3,6-7H,1,4-5,8-9H2,2H3/b12-11+. The van der Waals surface area contributed by atoms with Gasteiger partial charge in [0.1, 0.15) is 6.61 Å². The van der Waals surface area contributed by atoms with E-state index in [0.717, 1.165) is 24.0 Å². The molecule has 0 unspecified atom stereocenters. The van der Waals surface area contributed by atoms with Crippen LogP contribution in [0.15, 0.2) is 36.0 Å². The van der Waals surface area contributed by atoms with Crippen molar-refractivity contribution in [1.82, 2.24) is 0 Å². The lowest BCUT2D eigenvalue weighted by molar-refractivity contribution is -0.140. The molecular formula is C13H16O3. The van der Waals surface area contributed by atoms with E-state index in [1.165, 1.54) is 6.92 Å². The quantitative estimate of drug-likeness (QED) is 0.527. The lowest BCUT2D eigenvalue weighted by atomic mass is 10.0. The Labute approximate surface area is 95.5 Å². The summed E-state index contributed by atoms with van der Waals surface area (Å²) >= 11 is 0. The third-order valence-corrected chi connectivity index (χ3v) is 2.39. The Morgan fingerprint density at radius 3 is 2.81 bits per heavy atom. The first-order valence-corrected chi connectivity index (χ1v) is 5.29. The number of carbonyl (C=O) groups excluding carboxylic acids is 2. The maximum Gasteiger partial charge on any atom is 0.302 e. The molecule has 0 bridgehead atoms. The fourth-order valence-corrected chi connectivity index (χ4v) is 1.53. The van der Waals surface area contributed by atoms with Gasteiger partial charge in [0, 0.05) is 13.3 Å². The molecule has 1 aliphatic carbocycles. The van der Waals surface area contributed by atoms with Crippen LogP contribution in [0.25, 0.3) is 0 Å². The van der Waals surface area contributed by atoms with Crippen LogP contribution in [-0.4, -0.2) is 18.4 Å². The molecule has 1 aliphatic rings. The first kappa shape index (κ1) is 12.4. The first-order valence-electron chi connectivity index (χ1n) is 5.29. The zero-order chi connectivity index (χ0) is 12.0. The van der Waals surface area contributed by atoms with Crippen molar-refractivity contribution in [3.05, 3.63) is 36.0 Å². The summed E-state index contributed by atoms with van der Waals surface area (Å²) in [5, 5.41) is 0. The van der Waals surface area contributed by atoms with Gasteiger partial charge in [-0.25, -0.2) is 0 Å². The fourth-order valence-electron chi connectivity index (χ4n) is 1.53. The molecule has 0 amide bonds. The highest BCUT2D eigenvalue weighted by atomic mass is 16.5. The van der Waals surface area contributed by atoms with Crippen molar-refractivity contribution in [3.63, 3.8) is 0 Å². The van der Waals surface area contributed by atoms with Crippen LogP contribution in [0.1, 0.15) is 26.2 Å². The summed E-state index contributed by atoms with van der Waals surface area (Å²) in [4.78, 5) is 21.9. The zero-order valence-corrected chi connectivity index (χ0v) is 9.49. The summed E-state index contributed by atoms with van der Waals surface area (Å²) in [6, 6.07) is 0. The van der Waals surface area contributed by atoms with Crippen LogP contribution in [0.2, 0.25) is 0 Å². The molecule has 0 saturated carbocycles. The molecule has 0 N–H and O–H groups in total. The van der Waals surface area contributed by atoms with E-state index in [1.54, 1.807) is 6.08 Å². The summed E-state index contributed by atoms with van der Waals surface area (Å²) < 4.78 is 4.97. The van der Waals surface area contributed by atoms with E-state index in [1.807, 2.05) is 12.2 Å². The second-order valence-corrected chi connectivity index (χ2v) is 3.71. The highest BCUT2D eigenvalue weighted by Gasteiger charge is 2.13. The molecule has 0 atom stereocenters. The van der Waals surface area contributed by atoms with Crippen molar-refractivity contribution in [2.24, 2.45) is 0 Å². The van der Waals surface area contributed by atoms with Gasteiger partial charge >= 0.3 is 5.97 Å². The average Bonchev–Trinajstić information content (AvgIpc) is 2.64. The number of ketones is 1. The molecule has 1 rings (SSSR count). The highest BCUT2D eigenvalue weighted by molar-refractivity contribution is 5.95. The number of allylic oxidation sites excluding steroid dienone is 4. The summed E-state index contributed by atoms with van der Waals surface area (Å²) in [5.74, 6) is -0.195. The van der Waals surface area contributed by atoms with Gasteiger partial charge in [-0.1, -0.05) is 12.2 Å². The molecule has 0 saturated heterocycles. The van der Waals surface area contributed by atoms with Gasteiger partial charge < -0.3 is 4.74 Å². The Morgan fingerprint density at radius 2 is 2.31 bits per heavy atom. The SMILES string of the molecule is C=CCC/C(COC(C)=O)=C1/C=CC(=O)C1. The number of hydrogen-bond donors (Lipinski definition) is 0. The normalized spacial score (nSPS) is 17.4. The minimum Gasteiger partial charge on any atom is -0.461 e. The second kappa shape index (κ2) is 6.05. The van der Waals surface area contributed by atoms with Gasteiger partial charge in [0.15, 0.2) is 5.78 Å². The van der Waals surface area contributed by atoms with Crippen LogP contribution < -0.4 is 0 Å². The van der Waals surface area contributed by atoms with E-state index in [-0.39, 0.29) is 18.4 Å². The second-order valence-electron chi connectivity index (χ2n) is 3.71. The number of esters is 1. The van der Waals surface area contributed by atoms with E-state index in [9.17, 15) is 9.59 Å². The van der Waals surface area contributed by atoms with E-state index in [2.05, 4.69) is 6.58 Å². The van der Waals surface area contributed by atoms with Crippen molar-refractivity contribution >= 4 is 11.8 Å². The fraction of sp³-hybridized carbons (Fsp3) is 0.385. The van der Waals surface area contributed by atoms with Crippen LogP contribution in [0.5, 0.6) is 0 Å². The van der Waals surface area contributed by atoms with Crippen LogP contribution in [-0.2, 0) is 14.3 Å². The van der Waals surface area contributed by atoms with Crippen molar-refractivity contribution in [2.45, 2.75) is 26.2 Å². The van der Waals surface area contributed by atoms with Crippen molar-refractivity contribution in [3.8, 4) is 0 Å². The number of rotatable bonds is 5. The Bertz CT molecular complexity index is 361. The molecule has 0 aromatic carbocycles. The minimum absolute atomic E-state index is 0.105. The lowest BCUT2D eigenvalue weighted by Crippen LogP contribution is -2.05. The zero-order valence-electron chi connectivity index (χ0n) is 9.49. The van der Waals surface area contributed by atoms with E-state index < -0.39 is 0 Å². The number of carbonyl (C=O) groups is 2. The van der Waals surface area contributed by atoms with E-state index in [4.69, 9.17) is 4.74 Å². The molecule has 0 heterocycles. The van der Waals surface area contributed by atoms with E-state index >= 15 is 0 Å². The Balaban J connectivity index is 2.70. The summed E-state index contributed by atoms with van der Waals surface area (Å²) in [6.07, 6.45) is 7.22. The summed E-state index contributed by atoms with van der Waals surface area (Å²) in [7, 11) is 0. The molecule has 0 radical (unpaired) electrons. The van der Waals surface area contributed by atoms with Crippen LogP contribution in [0, 0.1) is 0 Å². The smallest absolute Gasteiger partial charge is 0.302 e. The summed E-state index contributed by atoms with van der Waals surface area (Å²) in [6.45, 7) is 5.31. The van der Waals surface area contributed by atoms with Crippen molar-refractivity contribution < 1.29 is 14.3 Å². The topological polar surface area (TPSA) is 43.4 Å². The van der Waals surface area contributed by atoms with Gasteiger partial charge in [-0.05, 0) is 30.1 Å². The van der Waals surface area contributed by atoms with Crippen molar-refractivity contribution in [1.29, 1.82) is 0 Å². The minimum atomic E-state index is -0.301. The molecule has 0 aliphatic heterocycles. The van der Waals surface area contributed by atoms with Crippen LogP contribution >= 0.6 is 0 Å². The maximum absolute atomic E-state index is 11.1. The van der Waals surface area contributed by atoms with Gasteiger partial charge in [-0.2, -0.15) is 0 Å². The lowest BCUT2D eigenvalue weighted by Gasteiger charge is -2.09. The van der Waals surface area contributed by atoms with Gasteiger partial charge in [0.2, 0.25) is 0 Å². The van der Waals surface area contributed by atoms with Gasteiger partial charge in [0.25, 0.3) is 0 Å². The Hall–Kier alpha value is -1.64. The molecule has 86 valence electrons. The number of hydrogen-bond acceptors (Lipinski definition) is 3. The summed E-state index contributed by atoms with van der Waals surface area (Å²) in [5.41, 5.74) is 1.99. The molecule has 0 fully saturated rings. The largest absolute Gasteiger partial charge is 0.461 e. The van der Waals surface area contributed by atoms with Gasteiger partial charge in [-0.3, -0.25) is 9.59 Å². The maximum atomic E-state index is 11.1. The monoisotopic (exact) mass is 220 g/mol. The molecule has 3 heteroatoms. The third-order valence-electron chi connectivity index (χ3n) is 2.39. The average molecular weight is 220 g/mol. The predicted octanol–water partition coefficient (Wildman–Crippen LogP) is 2.34. The molecular weight excluding hydrogens is 204 g/mol. The highest BCUT2D eigenvalue weighted by Crippen LogP contribution is 2.21. The molecule has 0 spiro atoms. The van der Waals surface area contributed by atoms with Gasteiger partial charge in [-0.15, -0.1) is 6.58 Å². The van der Waals surface area contributed by atoms with Crippen molar-refractivity contribution in [2.75, 3.05) is 6.61 Å². The molecule has 3 nitrogen and oxygen atoms in total.